The highest BCUT2D eigenvalue weighted by molar-refractivity contribution is 7.13. The van der Waals surface area contributed by atoms with Crippen LogP contribution in [0.3, 0.4) is 0 Å². The molecule has 1 rings (SSSR count). The number of hydrogen-bond donors (Lipinski definition) is 1. The Balaban J connectivity index is 2.81. The van der Waals surface area contributed by atoms with E-state index in [0.29, 0.717) is 5.56 Å². The minimum absolute atomic E-state index is 0.00682. The molecule has 0 atom stereocenters. The Morgan fingerprint density at radius 3 is 2.82 bits per heavy atom. The number of nitro groups is 1. The molecule has 0 amide bonds. The lowest BCUT2D eigenvalue weighted by Crippen LogP contribution is -1.96. The Morgan fingerprint density at radius 2 is 2.35 bits per heavy atom. The van der Waals surface area contributed by atoms with Gasteiger partial charge in [0.1, 0.15) is 11.6 Å². The maximum absolute atomic E-state index is 10.5. The Bertz CT molecular complexity index is 551. The minimum atomic E-state index is -1.31. The number of thiophene rings is 1. The van der Waals surface area contributed by atoms with Crippen LogP contribution in [0, 0.1) is 21.4 Å². The summed E-state index contributed by atoms with van der Waals surface area (Å²) in [6.45, 7) is 0. The number of nitriles is 1. The molecule has 17 heavy (non-hydrogen) atoms. The first-order valence-corrected chi connectivity index (χ1v) is 5.17. The van der Waals surface area contributed by atoms with Gasteiger partial charge in [-0.25, -0.2) is 4.79 Å². The molecule has 0 saturated heterocycles. The first-order chi connectivity index (χ1) is 8.04. The van der Waals surface area contributed by atoms with Crippen molar-refractivity contribution in [2.24, 2.45) is 0 Å². The van der Waals surface area contributed by atoms with E-state index in [4.69, 9.17) is 10.4 Å². The highest BCUT2D eigenvalue weighted by Crippen LogP contribution is 2.23. The van der Waals surface area contributed by atoms with Crippen LogP contribution < -0.4 is 0 Å². The predicted molar refractivity (Wildman–Crippen MR) is 61.3 cm³/mol. The van der Waals surface area contributed by atoms with Crippen LogP contribution >= 0.6 is 11.3 Å². The van der Waals surface area contributed by atoms with Crippen LogP contribution in [-0.4, -0.2) is 16.0 Å². The van der Waals surface area contributed by atoms with E-state index in [1.54, 1.807) is 5.38 Å². The first kappa shape index (κ1) is 12.6. The lowest BCUT2D eigenvalue weighted by molar-refractivity contribution is -0.380. The second kappa shape index (κ2) is 5.58. The van der Waals surface area contributed by atoms with Gasteiger partial charge in [-0.15, -0.1) is 0 Å². The monoisotopic (exact) mass is 250 g/mol. The second-order valence-corrected chi connectivity index (χ2v) is 3.72. The number of aliphatic carboxylic acids is 1. The van der Waals surface area contributed by atoms with Crippen LogP contribution in [0.25, 0.3) is 6.08 Å². The summed E-state index contributed by atoms with van der Waals surface area (Å²) in [4.78, 5) is 20.3. The van der Waals surface area contributed by atoms with Crippen LogP contribution in [-0.2, 0) is 4.79 Å². The fourth-order valence-corrected chi connectivity index (χ4v) is 1.63. The average molecular weight is 250 g/mol. The Kier molecular flexibility index (Phi) is 4.14. The van der Waals surface area contributed by atoms with Gasteiger partial charge in [-0.1, -0.05) is 23.5 Å². The molecular formula is C10H6N2O4S. The zero-order valence-electron chi connectivity index (χ0n) is 8.36. The Hall–Kier alpha value is -2.46. The number of carbonyl (C=O) groups is 1. The summed E-state index contributed by atoms with van der Waals surface area (Å²) in [5, 5.41) is 28.9. The molecule has 0 aliphatic rings. The summed E-state index contributed by atoms with van der Waals surface area (Å²) >= 11 is 0.976. The van der Waals surface area contributed by atoms with Crippen molar-refractivity contribution < 1.29 is 14.8 Å². The van der Waals surface area contributed by atoms with Crippen molar-refractivity contribution >= 4 is 28.4 Å². The predicted octanol–water partition coefficient (Wildman–Crippen LogP) is 2.20. The summed E-state index contributed by atoms with van der Waals surface area (Å²) in [5.41, 5.74) is 0.187. The van der Waals surface area contributed by atoms with E-state index in [9.17, 15) is 14.9 Å². The summed E-state index contributed by atoms with van der Waals surface area (Å²) in [7, 11) is 0. The third kappa shape index (κ3) is 3.55. The van der Waals surface area contributed by atoms with E-state index in [-0.39, 0.29) is 5.00 Å². The van der Waals surface area contributed by atoms with Gasteiger partial charge in [0, 0.05) is 11.4 Å². The van der Waals surface area contributed by atoms with Crippen molar-refractivity contribution in [3.05, 3.63) is 44.8 Å². The van der Waals surface area contributed by atoms with Crippen molar-refractivity contribution in [2.75, 3.05) is 0 Å². The van der Waals surface area contributed by atoms with Crippen molar-refractivity contribution in [1.29, 1.82) is 5.26 Å². The van der Waals surface area contributed by atoms with E-state index in [0.717, 1.165) is 17.4 Å². The lowest BCUT2D eigenvalue weighted by atomic mass is 10.2. The minimum Gasteiger partial charge on any atom is -0.477 e. The normalized spacial score (nSPS) is 11.4. The molecule has 0 aliphatic heterocycles. The van der Waals surface area contributed by atoms with E-state index in [1.165, 1.54) is 24.3 Å². The van der Waals surface area contributed by atoms with Crippen LogP contribution in [0.4, 0.5) is 5.00 Å². The zero-order chi connectivity index (χ0) is 12.8. The fourth-order valence-electron chi connectivity index (χ4n) is 0.934. The van der Waals surface area contributed by atoms with E-state index in [2.05, 4.69) is 0 Å². The molecule has 0 spiro atoms. The quantitative estimate of drug-likeness (QED) is 0.290. The Labute approximate surface area is 99.9 Å². The molecule has 0 aliphatic carbocycles. The largest absolute Gasteiger partial charge is 0.477 e. The lowest BCUT2D eigenvalue weighted by Gasteiger charge is -1.85. The van der Waals surface area contributed by atoms with Gasteiger partial charge < -0.3 is 5.11 Å². The molecule has 86 valence electrons. The third-order valence-corrected chi connectivity index (χ3v) is 2.59. The van der Waals surface area contributed by atoms with E-state index < -0.39 is 16.5 Å². The van der Waals surface area contributed by atoms with Crippen LogP contribution in [0.15, 0.2) is 29.2 Å². The summed E-state index contributed by atoms with van der Waals surface area (Å²) in [6, 6.07) is 2.88. The van der Waals surface area contributed by atoms with Gasteiger partial charge in [0.2, 0.25) is 0 Å². The number of hydrogen-bond acceptors (Lipinski definition) is 5. The molecule has 0 bridgehead atoms. The number of rotatable bonds is 4. The molecule has 1 N–H and O–H groups in total. The smallest absolute Gasteiger partial charge is 0.346 e. The van der Waals surface area contributed by atoms with Gasteiger partial charge in [0.15, 0.2) is 0 Å². The van der Waals surface area contributed by atoms with Gasteiger partial charge in [0.25, 0.3) is 0 Å². The molecule has 1 heterocycles. The van der Waals surface area contributed by atoms with E-state index >= 15 is 0 Å². The fraction of sp³-hybridized carbons (Fsp3) is 0. The topological polar surface area (TPSA) is 104 Å². The van der Waals surface area contributed by atoms with Gasteiger partial charge in [-0.2, -0.15) is 5.26 Å². The average Bonchev–Trinajstić information content (AvgIpc) is 2.72. The summed E-state index contributed by atoms with van der Waals surface area (Å²) < 4.78 is 0. The van der Waals surface area contributed by atoms with Crippen molar-refractivity contribution in [2.45, 2.75) is 0 Å². The van der Waals surface area contributed by atoms with Crippen LogP contribution in [0.2, 0.25) is 0 Å². The van der Waals surface area contributed by atoms with Gasteiger partial charge >= 0.3 is 11.0 Å². The van der Waals surface area contributed by atoms with E-state index in [1.807, 2.05) is 0 Å². The molecule has 0 radical (unpaired) electrons. The Morgan fingerprint density at radius 1 is 1.65 bits per heavy atom. The van der Waals surface area contributed by atoms with Gasteiger partial charge in [-0.3, -0.25) is 10.1 Å². The molecule has 6 nitrogen and oxygen atoms in total. The number of nitrogens with zero attached hydrogens (tertiary/aromatic N) is 2. The summed E-state index contributed by atoms with van der Waals surface area (Å²) in [6.07, 6.45) is 3.98. The van der Waals surface area contributed by atoms with Crippen LogP contribution in [0.5, 0.6) is 0 Å². The van der Waals surface area contributed by atoms with Gasteiger partial charge in [0.05, 0.1) is 4.92 Å². The van der Waals surface area contributed by atoms with Crippen molar-refractivity contribution in [3.63, 3.8) is 0 Å². The molecule has 0 unspecified atom stereocenters. The van der Waals surface area contributed by atoms with Gasteiger partial charge in [-0.05, 0) is 11.6 Å². The standard InChI is InChI=1S/C10H6N2O4S/c11-5-8(10(13)14)3-1-2-7-4-9(12(15)16)17-6-7/h1-4,6H,(H,13,14)/b2-1+,8-3+. The van der Waals surface area contributed by atoms with Crippen molar-refractivity contribution in [1.82, 2.24) is 0 Å². The van der Waals surface area contributed by atoms with Crippen molar-refractivity contribution in [3.8, 4) is 6.07 Å². The molecule has 1 aromatic rings. The summed E-state index contributed by atoms with van der Waals surface area (Å²) in [5.74, 6) is -1.31. The number of carboxylic acids is 1. The number of allylic oxidation sites excluding steroid dienone is 2. The molecule has 0 fully saturated rings. The highest BCUT2D eigenvalue weighted by atomic mass is 32.1. The second-order valence-electron chi connectivity index (χ2n) is 2.83. The molecule has 1 aromatic heterocycles. The SMILES string of the molecule is N#C/C(=C\C=C\c1csc([N+](=O)[O-])c1)C(=O)O. The highest BCUT2D eigenvalue weighted by Gasteiger charge is 2.07. The first-order valence-electron chi connectivity index (χ1n) is 4.29. The molecular weight excluding hydrogens is 244 g/mol. The molecule has 0 saturated carbocycles. The maximum Gasteiger partial charge on any atom is 0.346 e. The third-order valence-electron chi connectivity index (χ3n) is 1.69. The zero-order valence-corrected chi connectivity index (χ0v) is 9.18. The maximum atomic E-state index is 10.5. The number of carboxylic acid groups (broad SMARTS) is 1. The molecule has 7 heteroatoms. The molecule has 0 aromatic carbocycles. The van der Waals surface area contributed by atoms with Crippen LogP contribution in [0.1, 0.15) is 5.56 Å².